The van der Waals surface area contributed by atoms with Gasteiger partial charge in [0, 0.05) is 12.2 Å². The van der Waals surface area contributed by atoms with Gasteiger partial charge in [0.05, 0.1) is 12.1 Å². The lowest BCUT2D eigenvalue weighted by Gasteiger charge is -2.30. The molecule has 1 saturated carbocycles. The molecule has 2 amide bonds. The van der Waals surface area contributed by atoms with Crippen LogP contribution in [-0.2, 0) is 9.59 Å². The van der Waals surface area contributed by atoms with E-state index in [0.29, 0.717) is 18.9 Å². The van der Waals surface area contributed by atoms with Gasteiger partial charge in [0.1, 0.15) is 5.92 Å². The summed E-state index contributed by atoms with van der Waals surface area (Å²) in [5, 5.41) is 12.6. The lowest BCUT2D eigenvalue weighted by Crippen LogP contribution is -2.53. The second-order valence-corrected chi connectivity index (χ2v) is 7.44. The number of hydrogen-bond acceptors (Lipinski definition) is 3. The molecule has 3 rings (SSSR count). The number of anilines is 1. The van der Waals surface area contributed by atoms with Crippen LogP contribution >= 0.6 is 0 Å². The van der Waals surface area contributed by atoms with Gasteiger partial charge in [0.2, 0.25) is 11.8 Å². The van der Waals surface area contributed by atoms with Crippen molar-refractivity contribution in [1.29, 1.82) is 0 Å². The molecular formula is C19H26N2O3. The third-order valence-electron chi connectivity index (χ3n) is 5.54. The first kappa shape index (κ1) is 17.0. The second-order valence-electron chi connectivity index (χ2n) is 7.44. The van der Waals surface area contributed by atoms with Crippen molar-refractivity contribution in [3.05, 3.63) is 29.3 Å². The van der Waals surface area contributed by atoms with Crippen LogP contribution in [0, 0.1) is 25.7 Å². The van der Waals surface area contributed by atoms with E-state index in [1.165, 1.54) is 5.56 Å². The van der Waals surface area contributed by atoms with E-state index in [1.807, 2.05) is 39.0 Å². The Morgan fingerprint density at radius 1 is 1.29 bits per heavy atom. The Morgan fingerprint density at radius 2 is 2.00 bits per heavy atom. The molecule has 24 heavy (non-hydrogen) atoms. The standard InChI is InChI=1S/C19H26N2O3/c1-12-4-7-15(10-13(12)2)21-9-8-16(18(21)24)17(23)20-19(3,11-22)14-5-6-14/h4,7,10,14,16,22H,5-6,8-9,11H2,1-3H3,(H,20,23). The average molecular weight is 330 g/mol. The van der Waals surface area contributed by atoms with Gasteiger partial charge < -0.3 is 15.3 Å². The number of aliphatic hydroxyl groups is 1. The highest BCUT2D eigenvalue weighted by Gasteiger charge is 2.45. The molecule has 1 saturated heterocycles. The van der Waals surface area contributed by atoms with Crippen molar-refractivity contribution in [3.63, 3.8) is 0 Å². The monoisotopic (exact) mass is 330 g/mol. The smallest absolute Gasteiger partial charge is 0.239 e. The first-order valence-corrected chi connectivity index (χ1v) is 8.67. The number of nitrogens with one attached hydrogen (secondary N) is 1. The summed E-state index contributed by atoms with van der Waals surface area (Å²) in [5.74, 6) is -0.739. The summed E-state index contributed by atoms with van der Waals surface area (Å²) in [6.07, 6.45) is 2.55. The molecule has 1 aliphatic carbocycles. The van der Waals surface area contributed by atoms with Crippen molar-refractivity contribution >= 4 is 17.5 Å². The molecule has 2 atom stereocenters. The molecule has 0 radical (unpaired) electrons. The first-order chi connectivity index (χ1) is 11.4. The van der Waals surface area contributed by atoms with E-state index in [-0.39, 0.29) is 18.4 Å². The number of benzene rings is 1. The van der Waals surface area contributed by atoms with Crippen molar-refractivity contribution in [2.75, 3.05) is 18.1 Å². The molecule has 1 heterocycles. The molecule has 0 aromatic heterocycles. The van der Waals surface area contributed by atoms with Crippen molar-refractivity contribution < 1.29 is 14.7 Å². The molecular weight excluding hydrogens is 304 g/mol. The van der Waals surface area contributed by atoms with Gasteiger partial charge >= 0.3 is 0 Å². The predicted molar refractivity (Wildman–Crippen MR) is 92.7 cm³/mol. The normalized spacial score (nSPS) is 23.2. The van der Waals surface area contributed by atoms with Crippen molar-refractivity contribution in [1.82, 2.24) is 5.32 Å². The third-order valence-corrected chi connectivity index (χ3v) is 5.54. The largest absolute Gasteiger partial charge is 0.394 e. The van der Waals surface area contributed by atoms with E-state index in [0.717, 1.165) is 24.1 Å². The highest BCUT2D eigenvalue weighted by Crippen LogP contribution is 2.39. The summed E-state index contributed by atoms with van der Waals surface area (Å²) >= 11 is 0. The lowest BCUT2D eigenvalue weighted by atomic mass is 9.95. The summed E-state index contributed by atoms with van der Waals surface area (Å²) in [4.78, 5) is 27.0. The van der Waals surface area contributed by atoms with E-state index in [9.17, 15) is 14.7 Å². The summed E-state index contributed by atoms with van der Waals surface area (Å²) in [6, 6.07) is 5.93. The van der Waals surface area contributed by atoms with Crippen molar-refractivity contribution in [3.8, 4) is 0 Å². The molecule has 130 valence electrons. The number of nitrogens with zero attached hydrogens (tertiary/aromatic N) is 1. The molecule has 2 fully saturated rings. The highest BCUT2D eigenvalue weighted by molar-refractivity contribution is 6.09. The van der Waals surface area contributed by atoms with Crippen LogP contribution in [0.2, 0.25) is 0 Å². The molecule has 1 aromatic rings. The Morgan fingerprint density at radius 3 is 2.58 bits per heavy atom. The number of aryl methyl sites for hydroxylation is 2. The van der Waals surface area contributed by atoms with Crippen LogP contribution < -0.4 is 10.2 Å². The number of hydrogen-bond donors (Lipinski definition) is 2. The number of amides is 2. The van der Waals surface area contributed by atoms with Crippen LogP contribution in [0.3, 0.4) is 0 Å². The molecule has 0 bridgehead atoms. The fourth-order valence-corrected chi connectivity index (χ4v) is 3.43. The number of carbonyl (C=O) groups is 2. The van der Waals surface area contributed by atoms with Crippen molar-refractivity contribution in [2.45, 2.75) is 45.6 Å². The van der Waals surface area contributed by atoms with Gasteiger partial charge in [-0.1, -0.05) is 6.07 Å². The van der Waals surface area contributed by atoms with E-state index in [1.54, 1.807) is 4.90 Å². The Labute approximate surface area is 143 Å². The van der Waals surface area contributed by atoms with E-state index in [4.69, 9.17) is 0 Å². The Bertz CT molecular complexity index is 669. The molecule has 5 nitrogen and oxygen atoms in total. The maximum atomic E-state index is 12.7. The van der Waals surface area contributed by atoms with E-state index in [2.05, 4.69) is 5.32 Å². The number of aliphatic hydroxyl groups excluding tert-OH is 1. The zero-order chi connectivity index (χ0) is 17.5. The van der Waals surface area contributed by atoms with Crippen molar-refractivity contribution in [2.24, 2.45) is 11.8 Å². The SMILES string of the molecule is Cc1ccc(N2CCC(C(=O)NC(C)(CO)C3CC3)C2=O)cc1C. The molecule has 1 aromatic carbocycles. The number of rotatable bonds is 5. The predicted octanol–water partition coefficient (Wildman–Crippen LogP) is 1.93. The summed E-state index contributed by atoms with van der Waals surface area (Å²) < 4.78 is 0. The van der Waals surface area contributed by atoms with Gasteiger partial charge in [-0.15, -0.1) is 0 Å². The summed E-state index contributed by atoms with van der Waals surface area (Å²) in [6.45, 7) is 6.38. The average Bonchev–Trinajstić information content (AvgIpc) is 3.33. The van der Waals surface area contributed by atoms with Gasteiger partial charge in [0.25, 0.3) is 0 Å². The summed E-state index contributed by atoms with van der Waals surface area (Å²) in [7, 11) is 0. The molecule has 2 aliphatic rings. The fourth-order valence-electron chi connectivity index (χ4n) is 3.43. The lowest BCUT2D eigenvalue weighted by molar-refractivity contribution is -0.133. The van der Waals surface area contributed by atoms with Gasteiger partial charge in [-0.05, 0) is 69.2 Å². The van der Waals surface area contributed by atoms with Crippen LogP contribution in [0.25, 0.3) is 0 Å². The fraction of sp³-hybridized carbons (Fsp3) is 0.579. The molecule has 2 N–H and O–H groups in total. The van der Waals surface area contributed by atoms with Gasteiger partial charge in [-0.2, -0.15) is 0 Å². The van der Waals surface area contributed by atoms with E-state index < -0.39 is 11.5 Å². The van der Waals surface area contributed by atoms with E-state index >= 15 is 0 Å². The molecule has 5 heteroatoms. The Hall–Kier alpha value is -1.88. The summed E-state index contributed by atoms with van der Waals surface area (Å²) in [5.41, 5.74) is 2.56. The van der Waals surface area contributed by atoms with Crippen LogP contribution in [-0.4, -0.2) is 35.6 Å². The Kier molecular flexibility index (Phi) is 4.38. The quantitative estimate of drug-likeness (QED) is 0.811. The first-order valence-electron chi connectivity index (χ1n) is 8.67. The molecule has 1 aliphatic heterocycles. The van der Waals surface area contributed by atoms with Crippen LogP contribution in [0.15, 0.2) is 18.2 Å². The Balaban J connectivity index is 1.71. The van der Waals surface area contributed by atoms with Crippen LogP contribution in [0.1, 0.15) is 37.3 Å². The maximum absolute atomic E-state index is 12.7. The zero-order valence-electron chi connectivity index (χ0n) is 14.6. The minimum atomic E-state index is -0.656. The minimum Gasteiger partial charge on any atom is -0.394 e. The highest BCUT2D eigenvalue weighted by atomic mass is 16.3. The van der Waals surface area contributed by atoms with Gasteiger partial charge in [0.15, 0.2) is 0 Å². The maximum Gasteiger partial charge on any atom is 0.239 e. The number of carbonyl (C=O) groups excluding carboxylic acids is 2. The topological polar surface area (TPSA) is 69.6 Å². The van der Waals surface area contributed by atoms with Gasteiger partial charge in [-0.3, -0.25) is 9.59 Å². The molecule has 0 spiro atoms. The minimum absolute atomic E-state index is 0.0921. The second kappa shape index (κ2) is 6.20. The van der Waals surface area contributed by atoms with Gasteiger partial charge in [-0.25, -0.2) is 0 Å². The zero-order valence-corrected chi connectivity index (χ0v) is 14.6. The molecule has 2 unspecified atom stereocenters. The van der Waals surface area contributed by atoms with Crippen LogP contribution in [0.4, 0.5) is 5.69 Å². The third kappa shape index (κ3) is 3.05. The van der Waals surface area contributed by atoms with Crippen LogP contribution in [0.5, 0.6) is 0 Å².